The van der Waals surface area contributed by atoms with Crippen LogP contribution < -0.4 is 10.9 Å². The highest BCUT2D eigenvalue weighted by atomic mass is 19.1. The summed E-state index contributed by atoms with van der Waals surface area (Å²) in [7, 11) is 0. The number of nitrogens with one attached hydrogen (secondary N) is 1. The number of hydrogen-bond acceptors (Lipinski definition) is 4. The minimum absolute atomic E-state index is 0.271. The second kappa shape index (κ2) is 7.07. The number of para-hydroxylation sites is 1. The van der Waals surface area contributed by atoms with Crippen LogP contribution in [-0.2, 0) is 11.3 Å². The number of fused-ring (bicyclic) bond motifs is 1. The lowest BCUT2D eigenvalue weighted by Gasteiger charge is -2.09. The van der Waals surface area contributed by atoms with Crippen LogP contribution in [0.4, 0.5) is 10.1 Å². The fourth-order valence-corrected chi connectivity index (χ4v) is 2.96. The standard InChI is InChI=1S/C20H16FN5O2/c1-13-17-11-22-26(16-5-3-2-4-6-16)19(17)20(28)25(24-13)12-18(27)23-15-9-7-14(21)8-10-15/h2-11H,12H2,1H3,(H,23,27). The molecule has 0 unspecified atom stereocenters. The maximum absolute atomic E-state index is 13.0. The lowest BCUT2D eigenvalue weighted by Crippen LogP contribution is -2.31. The maximum Gasteiger partial charge on any atom is 0.293 e. The Balaban J connectivity index is 1.70. The van der Waals surface area contributed by atoms with E-state index in [0.717, 1.165) is 10.4 Å². The Morgan fingerprint density at radius 3 is 2.54 bits per heavy atom. The molecule has 0 atom stereocenters. The van der Waals surface area contributed by atoms with Crippen molar-refractivity contribution in [2.24, 2.45) is 0 Å². The molecule has 0 spiro atoms. The zero-order valence-electron chi connectivity index (χ0n) is 15.0. The van der Waals surface area contributed by atoms with Crippen molar-refractivity contribution in [3.8, 4) is 5.69 Å². The first kappa shape index (κ1) is 17.6. The zero-order valence-corrected chi connectivity index (χ0v) is 15.0. The van der Waals surface area contributed by atoms with Gasteiger partial charge in [0.2, 0.25) is 5.91 Å². The Labute approximate surface area is 159 Å². The predicted molar refractivity (Wildman–Crippen MR) is 103 cm³/mol. The summed E-state index contributed by atoms with van der Waals surface area (Å²) < 4.78 is 15.6. The van der Waals surface area contributed by atoms with E-state index in [1.54, 1.807) is 17.8 Å². The fourth-order valence-electron chi connectivity index (χ4n) is 2.96. The molecule has 28 heavy (non-hydrogen) atoms. The van der Waals surface area contributed by atoms with E-state index in [2.05, 4.69) is 15.5 Å². The molecule has 2 heterocycles. The topological polar surface area (TPSA) is 81.8 Å². The third kappa shape index (κ3) is 3.27. The molecule has 0 saturated carbocycles. The normalized spacial score (nSPS) is 10.9. The minimum Gasteiger partial charge on any atom is -0.324 e. The van der Waals surface area contributed by atoms with Gasteiger partial charge in [-0.25, -0.2) is 13.8 Å². The van der Waals surface area contributed by atoms with Gasteiger partial charge in [-0.3, -0.25) is 9.59 Å². The highest BCUT2D eigenvalue weighted by molar-refractivity contribution is 5.90. The van der Waals surface area contributed by atoms with Gasteiger partial charge in [0.15, 0.2) is 0 Å². The van der Waals surface area contributed by atoms with E-state index in [1.807, 2.05) is 30.3 Å². The van der Waals surface area contributed by atoms with Crippen LogP contribution in [0.25, 0.3) is 16.6 Å². The molecule has 0 bridgehead atoms. The van der Waals surface area contributed by atoms with Crippen molar-refractivity contribution in [3.05, 3.63) is 82.7 Å². The lowest BCUT2D eigenvalue weighted by atomic mass is 10.2. The Morgan fingerprint density at radius 2 is 1.82 bits per heavy atom. The first-order chi connectivity index (χ1) is 13.5. The third-order valence-corrected chi connectivity index (χ3v) is 4.29. The molecule has 0 fully saturated rings. The van der Waals surface area contributed by atoms with Crippen molar-refractivity contribution in [1.82, 2.24) is 19.6 Å². The second-order valence-corrected chi connectivity index (χ2v) is 6.26. The Hall–Kier alpha value is -3.81. The molecule has 0 saturated heterocycles. The predicted octanol–water partition coefficient (Wildman–Crippen LogP) is 2.67. The number of carbonyl (C=O) groups is 1. The van der Waals surface area contributed by atoms with Crippen LogP contribution in [0.3, 0.4) is 0 Å². The van der Waals surface area contributed by atoms with E-state index in [0.29, 0.717) is 22.3 Å². The number of rotatable bonds is 4. The van der Waals surface area contributed by atoms with E-state index < -0.39 is 17.3 Å². The van der Waals surface area contributed by atoms with Gasteiger partial charge in [-0.15, -0.1) is 0 Å². The number of nitrogens with zero attached hydrogens (tertiary/aromatic N) is 4. The summed E-state index contributed by atoms with van der Waals surface area (Å²) in [5, 5.41) is 11.8. The smallest absolute Gasteiger partial charge is 0.293 e. The molecule has 140 valence electrons. The van der Waals surface area contributed by atoms with Crippen LogP contribution in [-0.4, -0.2) is 25.5 Å². The first-order valence-corrected chi connectivity index (χ1v) is 8.59. The molecular formula is C20H16FN5O2. The fraction of sp³-hybridized carbons (Fsp3) is 0.100. The van der Waals surface area contributed by atoms with E-state index >= 15 is 0 Å². The number of hydrogen-bond donors (Lipinski definition) is 1. The highest BCUT2D eigenvalue weighted by Crippen LogP contribution is 2.17. The monoisotopic (exact) mass is 377 g/mol. The van der Waals surface area contributed by atoms with E-state index in [1.165, 1.54) is 24.3 Å². The summed E-state index contributed by atoms with van der Waals surface area (Å²) in [5.74, 6) is -0.836. The Morgan fingerprint density at radius 1 is 1.11 bits per heavy atom. The number of amides is 1. The van der Waals surface area contributed by atoms with Gasteiger partial charge in [0, 0.05) is 11.1 Å². The number of aromatic nitrogens is 4. The van der Waals surface area contributed by atoms with E-state index in [9.17, 15) is 14.0 Å². The maximum atomic E-state index is 13.0. The summed E-state index contributed by atoms with van der Waals surface area (Å²) in [6, 6.07) is 14.6. The van der Waals surface area contributed by atoms with Crippen molar-refractivity contribution in [3.63, 3.8) is 0 Å². The summed E-state index contributed by atoms with van der Waals surface area (Å²) in [5.41, 5.74) is 1.70. The van der Waals surface area contributed by atoms with Crippen LogP contribution >= 0.6 is 0 Å². The largest absolute Gasteiger partial charge is 0.324 e. The summed E-state index contributed by atoms with van der Waals surface area (Å²) in [6.07, 6.45) is 1.59. The van der Waals surface area contributed by atoms with Crippen molar-refractivity contribution in [2.45, 2.75) is 13.5 Å². The van der Waals surface area contributed by atoms with Crippen LogP contribution in [0.5, 0.6) is 0 Å². The SMILES string of the molecule is Cc1nn(CC(=O)Nc2ccc(F)cc2)c(=O)c2c1cnn2-c1ccccc1. The third-order valence-electron chi connectivity index (χ3n) is 4.29. The molecule has 0 aliphatic carbocycles. The van der Waals surface area contributed by atoms with Crippen LogP contribution in [0.15, 0.2) is 65.6 Å². The van der Waals surface area contributed by atoms with Crippen LogP contribution in [0, 0.1) is 12.7 Å². The molecule has 7 nitrogen and oxygen atoms in total. The number of carbonyl (C=O) groups excluding carboxylic acids is 1. The van der Waals surface area contributed by atoms with E-state index in [4.69, 9.17) is 0 Å². The minimum atomic E-state index is -0.439. The molecule has 1 amide bonds. The molecule has 0 aliphatic heterocycles. The Bertz CT molecular complexity index is 1210. The van der Waals surface area contributed by atoms with Crippen LogP contribution in [0.1, 0.15) is 5.69 Å². The molecular weight excluding hydrogens is 361 g/mol. The van der Waals surface area contributed by atoms with Crippen molar-refractivity contribution < 1.29 is 9.18 Å². The number of halogens is 1. The summed E-state index contributed by atoms with van der Waals surface area (Å²) in [6.45, 7) is 1.49. The lowest BCUT2D eigenvalue weighted by molar-refractivity contribution is -0.117. The Kier molecular flexibility index (Phi) is 4.44. The van der Waals surface area contributed by atoms with Gasteiger partial charge < -0.3 is 5.32 Å². The van der Waals surface area contributed by atoms with Crippen LogP contribution in [0.2, 0.25) is 0 Å². The molecule has 2 aromatic carbocycles. The second-order valence-electron chi connectivity index (χ2n) is 6.26. The van der Waals surface area contributed by atoms with Gasteiger partial charge in [-0.1, -0.05) is 18.2 Å². The number of anilines is 1. The van der Waals surface area contributed by atoms with Crippen molar-refractivity contribution >= 4 is 22.5 Å². The average Bonchev–Trinajstić information content (AvgIpc) is 3.14. The molecule has 1 N–H and O–H groups in total. The molecule has 2 aromatic heterocycles. The molecule has 4 aromatic rings. The van der Waals surface area contributed by atoms with Gasteiger partial charge in [-0.2, -0.15) is 10.2 Å². The summed E-state index contributed by atoms with van der Waals surface area (Å²) in [4.78, 5) is 25.3. The van der Waals surface area contributed by atoms with Gasteiger partial charge >= 0.3 is 0 Å². The molecule has 0 aliphatic rings. The molecule has 8 heteroatoms. The van der Waals surface area contributed by atoms with Gasteiger partial charge in [0.25, 0.3) is 5.56 Å². The zero-order chi connectivity index (χ0) is 19.7. The quantitative estimate of drug-likeness (QED) is 0.593. The number of aryl methyl sites for hydroxylation is 1. The van der Waals surface area contributed by atoms with Gasteiger partial charge in [-0.05, 0) is 43.3 Å². The van der Waals surface area contributed by atoms with Crippen molar-refractivity contribution in [1.29, 1.82) is 0 Å². The summed E-state index contributed by atoms with van der Waals surface area (Å²) >= 11 is 0. The first-order valence-electron chi connectivity index (χ1n) is 8.59. The van der Waals surface area contributed by atoms with Gasteiger partial charge in [0.05, 0.1) is 17.6 Å². The molecule has 0 radical (unpaired) electrons. The van der Waals surface area contributed by atoms with Crippen molar-refractivity contribution in [2.75, 3.05) is 5.32 Å². The van der Waals surface area contributed by atoms with Gasteiger partial charge in [0.1, 0.15) is 17.9 Å². The average molecular weight is 377 g/mol. The number of benzene rings is 2. The molecule has 4 rings (SSSR count). The highest BCUT2D eigenvalue weighted by Gasteiger charge is 2.16. The van der Waals surface area contributed by atoms with E-state index in [-0.39, 0.29) is 6.54 Å².